The summed E-state index contributed by atoms with van der Waals surface area (Å²) in [6.07, 6.45) is -4.75. The Bertz CT molecular complexity index is 456. The minimum atomic E-state index is -4.59. The highest BCUT2D eigenvalue weighted by molar-refractivity contribution is 6.30. The second-order valence-corrected chi connectivity index (χ2v) is 4.84. The summed E-state index contributed by atoms with van der Waals surface area (Å²) < 4.78 is 38.9. The van der Waals surface area contributed by atoms with Gasteiger partial charge in [0.25, 0.3) is 0 Å². The van der Waals surface area contributed by atoms with E-state index in [9.17, 15) is 23.1 Å². The lowest BCUT2D eigenvalue weighted by molar-refractivity contribution is -0.198. The third-order valence-electron chi connectivity index (χ3n) is 3.53. The second-order valence-electron chi connectivity index (χ2n) is 4.40. The molecule has 0 aliphatic heterocycles. The largest absolute Gasteiger partial charge is 0.481 e. The van der Waals surface area contributed by atoms with E-state index in [1.165, 1.54) is 31.2 Å². The van der Waals surface area contributed by atoms with Crippen LogP contribution in [0.2, 0.25) is 5.02 Å². The average molecular weight is 295 g/mol. The zero-order valence-electron chi connectivity index (χ0n) is 10.5. The van der Waals surface area contributed by atoms with Gasteiger partial charge in [-0.1, -0.05) is 37.6 Å². The number of carboxylic acids is 1. The highest BCUT2D eigenvalue weighted by atomic mass is 35.5. The third kappa shape index (κ3) is 2.86. The molecule has 0 fully saturated rings. The third-order valence-corrected chi connectivity index (χ3v) is 3.78. The molecule has 2 nitrogen and oxygen atoms in total. The van der Waals surface area contributed by atoms with Crippen LogP contribution in [0.3, 0.4) is 0 Å². The molecule has 0 heterocycles. The predicted octanol–water partition coefficient (Wildman–Crippen LogP) is 4.27. The van der Waals surface area contributed by atoms with Gasteiger partial charge in [0.2, 0.25) is 0 Å². The van der Waals surface area contributed by atoms with Gasteiger partial charge in [0, 0.05) is 5.02 Å². The fourth-order valence-corrected chi connectivity index (χ4v) is 2.37. The van der Waals surface area contributed by atoms with Crippen molar-refractivity contribution in [1.29, 1.82) is 0 Å². The molecule has 0 amide bonds. The molecule has 1 N–H and O–H groups in total. The maximum absolute atomic E-state index is 13.0. The van der Waals surface area contributed by atoms with Crippen molar-refractivity contribution in [3.05, 3.63) is 34.9 Å². The first-order chi connectivity index (χ1) is 8.66. The van der Waals surface area contributed by atoms with Gasteiger partial charge in [-0.25, -0.2) is 0 Å². The van der Waals surface area contributed by atoms with Crippen molar-refractivity contribution >= 4 is 17.6 Å². The van der Waals surface area contributed by atoms with E-state index < -0.39 is 23.5 Å². The van der Waals surface area contributed by atoms with Crippen LogP contribution in [0.25, 0.3) is 0 Å². The number of hydrogen-bond donors (Lipinski definition) is 1. The van der Waals surface area contributed by atoms with Crippen molar-refractivity contribution in [2.75, 3.05) is 0 Å². The first-order valence-corrected chi connectivity index (χ1v) is 6.10. The van der Waals surface area contributed by atoms with E-state index in [1.807, 2.05) is 0 Å². The van der Waals surface area contributed by atoms with Crippen molar-refractivity contribution in [2.45, 2.75) is 31.9 Å². The molecule has 106 valence electrons. The molecule has 0 bridgehead atoms. The molecule has 6 heteroatoms. The van der Waals surface area contributed by atoms with Crippen molar-refractivity contribution in [1.82, 2.24) is 0 Å². The van der Waals surface area contributed by atoms with Gasteiger partial charge in [-0.2, -0.15) is 13.2 Å². The lowest BCUT2D eigenvalue weighted by Crippen LogP contribution is -2.47. The summed E-state index contributed by atoms with van der Waals surface area (Å²) >= 11 is 5.68. The summed E-state index contributed by atoms with van der Waals surface area (Å²) in [5.41, 5.74) is -1.89. The number of alkyl halides is 3. The van der Waals surface area contributed by atoms with E-state index in [4.69, 9.17) is 11.6 Å². The molecule has 0 aliphatic carbocycles. The minimum absolute atomic E-state index is 0.108. The first kappa shape index (κ1) is 15.8. The Labute approximate surface area is 114 Å². The molecule has 1 aromatic carbocycles. The van der Waals surface area contributed by atoms with E-state index >= 15 is 0 Å². The second kappa shape index (κ2) is 5.41. The van der Waals surface area contributed by atoms with Gasteiger partial charge >= 0.3 is 12.1 Å². The van der Waals surface area contributed by atoms with Crippen LogP contribution < -0.4 is 0 Å². The monoisotopic (exact) mass is 294 g/mol. The van der Waals surface area contributed by atoms with Gasteiger partial charge < -0.3 is 5.11 Å². The maximum Gasteiger partial charge on any atom is 0.392 e. The average Bonchev–Trinajstić information content (AvgIpc) is 2.31. The molecule has 0 spiro atoms. The first-order valence-electron chi connectivity index (χ1n) is 5.72. The van der Waals surface area contributed by atoms with E-state index in [-0.39, 0.29) is 12.0 Å². The molecule has 2 atom stereocenters. The summed E-state index contributed by atoms with van der Waals surface area (Å²) in [6, 6.07) is 5.46. The molecular formula is C13H14ClF3O2. The van der Waals surface area contributed by atoms with Gasteiger partial charge in [-0.15, -0.1) is 0 Å². The lowest BCUT2D eigenvalue weighted by Gasteiger charge is -2.36. The highest BCUT2D eigenvalue weighted by Gasteiger charge is 2.55. The molecule has 1 aromatic rings. The Morgan fingerprint density at radius 1 is 1.32 bits per heavy atom. The molecule has 0 radical (unpaired) electrons. The molecule has 0 saturated carbocycles. The van der Waals surface area contributed by atoms with Crippen molar-refractivity contribution in [3.63, 3.8) is 0 Å². The van der Waals surface area contributed by atoms with Crippen LogP contribution in [0.5, 0.6) is 0 Å². The highest BCUT2D eigenvalue weighted by Crippen LogP contribution is 2.44. The summed E-state index contributed by atoms with van der Waals surface area (Å²) in [5, 5.41) is 9.69. The van der Waals surface area contributed by atoms with Crippen molar-refractivity contribution in [2.24, 2.45) is 5.92 Å². The summed E-state index contributed by atoms with van der Waals surface area (Å²) in [6.45, 7) is 2.33. The van der Waals surface area contributed by atoms with Gasteiger partial charge in [0.1, 0.15) is 5.41 Å². The van der Waals surface area contributed by atoms with Crippen LogP contribution in [-0.4, -0.2) is 17.3 Å². The Hall–Kier alpha value is -1.23. The molecular weight excluding hydrogens is 281 g/mol. The topological polar surface area (TPSA) is 37.3 Å². The number of rotatable bonds is 4. The molecule has 0 aromatic heterocycles. The molecule has 1 unspecified atom stereocenters. The maximum atomic E-state index is 13.0. The predicted molar refractivity (Wildman–Crippen MR) is 66.3 cm³/mol. The number of carbonyl (C=O) groups is 1. The van der Waals surface area contributed by atoms with Crippen LogP contribution in [0.15, 0.2) is 24.3 Å². The summed E-state index contributed by atoms with van der Waals surface area (Å²) in [5.74, 6) is -3.48. The Balaban J connectivity index is 3.43. The standard InChI is InChI=1S/C13H14ClF3O2/c1-3-12(11(18)19,8(2)13(15,16)17)9-4-6-10(14)7-5-9/h4-8H,3H2,1-2H3,(H,18,19)/t8-,12?/m1/s1. The Morgan fingerprint density at radius 2 is 1.79 bits per heavy atom. The number of hydrogen-bond acceptors (Lipinski definition) is 1. The van der Waals surface area contributed by atoms with Crippen LogP contribution >= 0.6 is 11.6 Å². The molecule has 1 rings (SSSR count). The van der Waals surface area contributed by atoms with Gasteiger partial charge in [0.05, 0.1) is 5.92 Å². The van der Waals surface area contributed by atoms with E-state index in [0.29, 0.717) is 5.02 Å². The van der Waals surface area contributed by atoms with E-state index in [0.717, 1.165) is 6.92 Å². The summed E-state index contributed by atoms with van der Waals surface area (Å²) in [4.78, 5) is 11.5. The number of halogens is 4. The van der Waals surface area contributed by atoms with Crippen molar-refractivity contribution < 1.29 is 23.1 Å². The Morgan fingerprint density at radius 3 is 2.11 bits per heavy atom. The minimum Gasteiger partial charge on any atom is -0.481 e. The fraction of sp³-hybridized carbons (Fsp3) is 0.462. The molecule has 19 heavy (non-hydrogen) atoms. The normalized spacial score (nSPS) is 16.7. The van der Waals surface area contributed by atoms with Gasteiger partial charge in [-0.3, -0.25) is 4.79 Å². The quantitative estimate of drug-likeness (QED) is 0.900. The molecule has 0 aliphatic rings. The zero-order valence-corrected chi connectivity index (χ0v) is 11.2. The SMILES string of the molecule is CCC(C(=O)O)(c1ccc(Cl)cc1)[C@@H](C)C(F)(F)F. The number of carboxylic acid groups (broad SMARTS) is 1. The van der Waals surface area contributed by atoms with Crippen LogP contribution in [-0.2, 0) is 10.2 Å². The fourth-order valence-electron chi connectivity index (χ4n) is 2.25. The van der Waals surface area contributed by atoms with Gasteiger partial charge in [-0.05, 0) is 24.1 Å². The van der Waals surface area contributed by atoms with Crippen LogP contribution in [0.4, 0.5) is 13.2 Å². The molecule has 0 saturated heterocycles. The lowest BCUT2D eigenvalue weighted by atomic mass is 9.68. The smallest absolute Gasteiger partial charge is 0.392 e. The zero-order chi connectivity index (χ0) is 14.8. The van der Waals surface area contributed by atoms with E-state index in [1.54, 1.807) is 0 Å². The van der Waals surface area contributed by atoms with Gasteiger partial charge in [0.15, 0.2) is 0 Å². The van der Waals surface area contributed by atoms with E-state index in [2.05, 4.69) is 0 Å². The van der Waals surface area contributed by atoms with Crippen LogP contribution in [0.1, 0.15) is 25.8 Å². The van der Waals surface area contributed by atoms with Crippen molar-refractivity contribution in [3.8, 4) is 0 Å². The number of aliphatic carboxylic acids is 1. The number of benzene rings is 1. The van der Waals surface area contributed by atoms with Crippen LogP contribution in [0, 0.1) is 5.92 Å². The Kier molecular flexibility index (Phi) is 4.50. The summed E-state index contributed by atoms with van der Waals surface area (Å²) in [7, 11) is 0.